The zero-order chi connectivity index (χ0) is 21.3. The Hall–Kier alpha value is -2.97. The van der Waals surface area contributed by atoms with E-state index in [-0.39, 0.29) is 24.9 Å². The summed E-state index contributed by atoms with van der Waals surface area (Å²) in [5.41, 5.74) is 2.19. The highest BCUT2D eigenvalue weighted by Gasteiger charge is 2.15. The standard InChI is InChI=1S/C22H27FN4O3/c1-2-26(16-22(29)25-19-5-3-4-17(23)14-19)15-21(28)24-18-6-8-20(9-7-18)27-10-12-30-13-11-27/h3-9,14H,2,10-13,15-16H2,1H3,(H,24,28)(H,25,29). The van der Waals surface area contributed by atoms with Gasteiger partial charge in [-0.15, -0.1) is 0 Å². The molecule has 0 atom stereocenters. The Labute approximate surface area is 175 Å². The minimum Gasteiger partial charge on any atom is -0.378 e. The van der Waals surface area contributed by atoms with Crippen LogP contribution in [-0.2, 0) is 14.3 Å². The van der Waals surface area contributed by atoms with Gasteiger partial charge in [-0.2, -0.15) is 0 Å². The number of carbonyl (C=O) groups excluding carboxylic acids is 2. The van der Waals surface area contributed by atoms with E-state index in [1.165, 1.54) is 18.2 Å². The van der Waals surface area contributed by atoms with E-state index < -0.39 is 5.82 Å². The summed E-state index contributed by atoms with van der Waals surface area (Å²) in [5, 5.41) is 5.50. The van der Waals surface area contributed by atoms with Gasteiger partial charge in [0, 0.05) is 30.2 Å². The lowest BCUT2D eigenvalue weighted by Crippen LogP contribution is -2.38. The summed E-state index contributed by atoms with van der Waals surface area (Å²) in [6, 6.07) is 13.4. The highest BCUT2D eigenvalue weighted by Crippen LogP contribution is 2.19. The smallest absolute Gasteiger partial charge is 0.238 e. The van der Waals surface area contributed by atoms with Crippen LogP contribution in [0.25, 0.3) is 0 Å². The van der Waals surface area contributed by atoms with E-state index in [0.29, 0.717) is 17.9 Å². The van der Waals surface area contributed by atoms with Crippen LogP contribution in [0.1, 0.15) is 6.92 Å². The van der Waals surface area contributed by atoms with Gasteiger partial charge in [0.15, 0.2) is 0 Å². The van der Waals surface area contributed by atoms with Gasteiger partial charge in [-0.05, 0) is 49.0 Å². The minimum absolute atomic E-state index is 0.0381. The number of halogens is 1. The van der Waals surface area contributed by atoms with Gasteiger partial charge in [0.1, 0.15) is 5.82 Å². The van der Waals surface area contributed by atoms with Crippen LogP contribution in [0.5, 0.6) is 0 Å². The second-order valence-corrected chi connectivity index (χ2v) is 7.06. The number of ether oxygens (including phenoxy) is 1. The Balaban J connectivity index is 1.48. The molecule has 0 unspecified atom stereocenters. The Kier molecular flexibility index (Phi) is 7.75. The SMILES string of the molecule is CCN(CC(=O)Nc1ccc(N2CCOCC2)cc1)CC(=O)Nc1cccc(F)c1. The van der Waals surface area contributed by atoms with Gasteiger partial charge in [0.2, 0.25) is 11.8 Å². The normalized spacial score (nSPS) is 13.9. The fourth-order valence-corrected chi connectivity index (χ4v) is 3.23. The molecule has 7 nitrogen and oxygen atoms in total. The third-order valence-corrected chi connectivity index (χ3v) is 4.82. The van der Waals surface area contributed by atoms with Crippen molar-refractivity contribution >= 4 is 28.9 Å². The van der Waals surface area contributed by atoms with Crippen LogP contribution < -0.4 is 15.5 Å². The number of hydrogen-bond acceptors (Lipinski definition) is 5. The summed E-state index contributed by atoms with van der Waals surface area (Å²) in [7, 11) is 0. The van der Waals surface area contributed by atoms with Crippen LogP contribution in [0.4, 0.5) is 21.5 Å². The third-order valence-electron chi connectivity index (χ3n) is 4.82. The number of nitrogens with one attached hydrogen (secondary N) is 2. The van der Waals surface area contributed by atoms with Gasteiger partial charge in [0.25, 0.3) is 0 Å². The first-order valence-electron chi connectivity index (χ1n) is 10.0. The average molecular weight is 414 g/mol. The molecule has 30 heavy (non-hydrogen) atoms. The molecule has 1 fully saturated rings. The highest BCUT2D eigenvalue weighted by molar-refractivity contribution is 5.94. The van der Waals surface area contributed by atoms with E-state index in [1.54, 1.807) is 11.0 Å². The average Bonchev–Trinajstić information content (AvgIpc) is 2.74. The molecule has 0 saturated carbocycles. The Morgan fingerprint density at radius 3 is 2.23 bits per heavy atom. The van der Waals surface area contributed by atoms with Gasteiger partial charge in [-0.1, -0.05) is 13.0 Å². The summed E-state index contributed by atoms with van der Waals surface area (Å²) in [6.45, 7) is 5.68. The van der Waals surface area contributed by atoms with Crippen LogP contribution in [0, 0.1) is 5.82 Å². The van der Waals surface area contributed by atoms with E-state index in [9.17, 15) is 14.0 Å². The predicted molar refractivity (Wildman–Crippen MR) is 115 cm³/mol. The molecule has 0 spiro atoms. The van der Waals surface area contributed by atoms with Crippen molar-refractivity contribution in [3.63, 3.8) is 0 Å². The first-order chi connectivity index (χ1) is 14.5. The fraction of sp³-hybridized carbons (Fsp3) is 0.364. The lowest BCUT2D eigenvalue weighted by atomic mass is 10.2. The zero-order valence-corrected chi connectivity index (χ0v) is 17.1. The Morgan fingerprint density at radius 2 is 1.63 bits per heavy atom. The monoisotopic (exact) mass is 414 g/mol. The summed E-state index contributed by atoms with van der Waals surface area (Å²) in [6.07, 6.45) is 0. The molecule has 1 saturated heterocycles. The maximum Gasteiger partial charge on any atom is 0.238 e. The quantitative estimate of drug-likeness (QED) is 0.695. The van der Waals surface area contributed by atoms with Crippen molar-refractivity contribution in [2.45, 2.75) is 6.92 Å². The minimum atomic E-state index is -0.417. The highest BCUT2D eigenvalue weighted by atomic mass is 19.1. The maximum absolute atomic E-state index is 13.2. The van der Waals surface area contributed by atoms with E-state index in [0.717, 1.165) is 32.0 Å². The summed E-state index contributed by atoms with van der Waals surface area (Å²) in [5.74, 6) is -0.918. The number of benzene rings is 2. The molecule has 160 valence electrons. The largest absolute Gasteiger partial charge is 0.378 e. The molecular weight excluding hydrogens is 387 g/mol. The van der Waals surface area contributed by atoms with Gasteiger partial charge in [-0.3, -0.25) is 14.5 Å². The lowest BCUT2D eigenvalue weighted by Gasteiger charge is -2.29. The molecule has 1 aliphatic rings. The Bertz CT molecular complexity index is 854. The number of anilines is 3. The van der Waals surface area contributed by atoms with Gasteiger partial charge in [0.05, 0.1) is 26.3 Å². The number of carbonyl (C=O) groups is 2. The molecule has 2 aromatic carbocycles. The number of amides is 2. The molecule has 2 amide bonds. The van der Waals surface area contributed by atoms with Crippen molar-refractivity contribution in [1.82, 2.24) is 4.90 Å². The number of hydrogen-bond donors (Lipinski definition) is 2. The summed E-state index contributed by atoms with van der Waals surface area (Å²) in [4.78, 5) is 28.5. The lowest BCUT2D eigenvalue weighted by molar-refractivity contribution is -0.119. The van der Waals surface area contributed by atoms with Crippen molar-refractivity contribution in [1.29, 1.82) is 0 Å². The molecule has 1 heterocycles. The van der Waals surface area contributed by atoms with Crippen LogP contribution in [0.3, 0.4) is 0 Å². The van der Waals surface area contributed by atoms with Crippen molar-refractivity contribution in [2.24, 2.45) is 0 Å². The summed E-state index contributed by atoms with van der Waals surface area (Å²) >= 11 is 0. The molecule has 0 radical (unpaired) electrons. The molecule has 0 bridgehead atoms. The molecule has 0 aromatic heterocycles. The van der Waals surface area contributed by atoms with Crippen molar-refractivity contribution in [3.05, 3.63) is 54.3 Å². The van der Waals surface area contributed by atoms with E-state index in [2.05, 4.69) is 15.5 Å². The molecule has 2 aromatic rings. The zero-order valence-electron chi connectivity index (χ0n) is 17.1. The predicted octanol–water partition coefficient (Wildman–Crippen LogP) is 2.56. The van der Waals surface area contributed by atoms with E-state index in [4.69, 9.17) is 4.74 Å². The van der Waals surface area contributed by atoms with Crippen molar-refractivity contribution in [3.8, 4) is 0 Å². The first kappa shape index (κ1) is 21.7. The second-order valence-electron chi connectivity index (χ2n) is 7.06. The van der Waals surface area contributed by atoms with Crippen LogP contribution in [0.2, 0.25) is 0 Å². The topological polar surface area (TPSA) is 73.9 Å². The number of rotatable bonds is 8. The Morgan fingerprint density at radius 1 is 1.00 bits per heavy atom. The summed E-state index contributed by atoms with van der Waals surface area (Å²) < 4.78 is 18.6. The second kappa shape index (κ2) is 10.7. The maximum atomic E-state index is 13.2. The van der Waals surface area contributed by atoms with Crippen LogP contribution in [-0.4, -0.2) is 62.7 Å². The molecule has 0 aliphatic carbocycles. The van der Waals surface area contributed by atoms with E-state index in [1.807, 2.05) is 31.2 Å². The van der Waals surface area contributed by atoms with Crippen LogP contribution in [0.15, 0.2) is 48.5 Å². The molecule has 8 heteroatoms. The van der Waals surface area contributed by atoms with Gasteiger partial charge < -0.3 is 20.3 Å². The molecule has 3 rings (SSSR count). The molecule has 2 N–H and O–H groups in total. The number of morpholine rings is 1. The molecular formula is C22H27FN4O3. The number of likely N-dealkylation sites (N-methyl/N-ethyl adjacent to an activating group) is 1. The number of nitrogens with zero attached hydrogens (tertiary/aromatic N) is 2. The van der Waals surface area contributed by atoms with E-state index >= 15 is 0 Å². The van der Waals surface area contributed by atoms with Crippen LogP contribution >= 0.6 is 0 Å². The van der Waals surface area contributed by atoms with Crippen molar-refractivity contribution < 1.29 is 18.7 Å². The third kappa shape index (κ3) is 6.53. The molecule has 1 aliphatic heterocycles. The van der Waals surface area contributed by atoms with Crippen molar-refractivity contribution in [2.75, 3.05) is 61.5 Å². The van der Waals surface area contributed by atoms with Gasteiger partial charge in [-0.25, -0.2) is 4.39 Å². The fourth-order valence-electron chi connectivity index (χ4n) is 3.23. The van der Waals surface area contributed by atoms with Gasteiger partial charge >= 0.3 is 0 Å². The first-order valence-corrected chi connectivity index (χ1v) is 10.0.